The zero-order valence-corrected chi connectivity index (χ0v) is 19.8. The molecule has 4 rings (SSSR count). The van der Waals surface area contributed by atoms with Crippen molar-refractivity contribution in [3.05, 3.63) is 30.3 Å². The number of nitrogens with one attached hydrogen (secondary N) is 1. The Morgan fingerprint density at radius 2 is 1.82 bits per heavy atom. The average molecular weight is 516 g/mol. The maximum absolute atomic E-state index is 5.60. The van der Waals surface area contributed by atoms with Crippen molar-refractivity contribution < 1.29 is 4.74 Å². The number of anilines is 1. The number of para-hydroxylation sites is 1. The number of piperidine rings is 1. The van der Waals surface area contributed by atoms with Gasteiger partial charge >= 0.3 is 0 Å². The Bertz CT molecular complexity index is 612. The first-order valence-corrected chi connectivity index (χ1v) is 11.5. The number of rotatable bonds is 4. The lowest BCUT2D eigenvalue weighted by atomic mass is 9.96. The Kier molecular flexibility index (Phi) is 8.74. The molecule has 7 heteroatoms. The number of likely N-dealkylation sites (tertiary alicyclic amines) is 1. The standard InChI is InChI=1S/C21H32N4OS.HI/c1-3-7-19(8-4-1)23-20(24-10-5-2-6-11-24)22-17-21(9-16-27-18-21)25-12-14-26-15-13-25;/h1,3-4,7-8H,2,5-6,9-18H2,(H,22,23);1H. The molecule has 28 heavy (non-hydrogen) atoms. The van der Waals surface area contributed by atoms with Crippen LogP contribution in [0.3, 0.4) is 0 Å². The van der Waals surface area contributed by atoms with Crippen LogP contribution < -0.4 is 5.32 Å². The molecule has 3 heterocycles. The molecule has 0 saturated carbocycles. The van der Waals surface area contributed by atoms with Gasteiger partial charge in [0.2, 0.25) is 0 Å². The SMILES string of the molecule is I.c1ccc(NC(=NCC2(N3CCOCC3)CCSC2)N2CCCCC2)cc1. The van der Waals surface area contributed by atoms with E-state index in [1.807, 2.05) is 0 Å². The van der Waals surface area contributed by atoms with Crippen LogP contribution in [0.1, 0.15) is 25.7 Å². The smallest absolute Gasteiger partial charge is 0.198 e. The molecule has 1 aromatic carbocycles. The average Bonchev–Trinajstić information content (AvgIpc) is 3.23. The molecule has 1 N–H and O–H groups in total. The van der Waals surface area contributed by atoms with E-state index in [4.69, 9.17) is 9.73 Å². The van der Waals surface area contributed by atoms with E-state index in [1.54, 1.807) is 0 Å². The van der Waals surface area contributed by atoms with Crippen LogP contribution in [0.4, 0.5) is 5.69 Å². The van der Waals surface area contributed by atoms with E-state index < -0.39 is 0 Å². The summed E-state index contributed by atoms with van der Waals surface area (Å²) in [7, 11) is 0. The molecule has 5 nitrogen and oxygen atoms in total. The van der Waals surface area contributed by atoms with Gasteiger partial charge in [0.1, 0.15) is 0 Å². The zero-order chi connectivity index (χ0) is 18.4. The van der Waals surface area contributed by atoms with Crippen LogP contribution in [0.15, 0.2) is 35.3 Å². The Morgan fingerprint density at radius 1 is 1.07 bits per heavy atom. The molecule has 1 atom stereocenters. The molecule has 3 aliphatic heterocycles. The molecule has 0 aliphatic carbocycles. The molecular formula is C21H33IN4OS. The van der Waals surface area contributed by atoms with Gasteiger partial charge in [-0.25, -0.2) is 0 Å². The number of hydrogen-bond donors (Lipinski definition) is 1. The maximum atomic E-state index is 5.60. The van der Waals surface area contributed by atoms with Crippen molar-refractivity contribution in [3.8, 4) is 0 Å². The predicted octanol–water partition coefficient (Wildman–Crippen LogP) is 3.77. The second kappa shape index (κ2) is 11.0. The molecule has 0 spiro atoms. The Labute approximate surface area is 190 Å². The number of nitrogens with zero attached hydrogens (tertiary/aromatic N) is 3. The van der Waals surface area contributed by atoms with E-state index in [2.05, 4.69) is 57.2 Å². The lowest BCUT2D eigenvalue weighted by Gasteiger charge is -2.42. The minimum Gasteiger partial charge on any atom is -0.379 e. The summed E-state index contributed by atoms with van der Waals surface area (Å²) in [5.74, 6) is 3.50. The van der Waals surface area contributed by atoms with Gasteiger partial charge in [-0.3, -0.25) is 9.89 Å². The molecular weight excluding hydrogens is 483 g/mol. The fraction of sp³-hybridized carbons (Fsp3) is 0.667. The van der Waals surface area contributed by atoms with Gasteiger partial charge in [0.25, 0.3) is 0 Å². The minimum atomic E-state index is 0. The topological polar surface area (TPSA) is 40.1 Å². The van der Waals surface area contributed by atoms with Crippen LogP contribution in [-0.4, -0.2) is 78.7 Å². The van der Waals surface area contributed by atoms with Crippen LogP contribution in [0.25, 0.3) is 0 Å². The van der Waals surface area contributed by atoms with Gasteiger partial charge in [0.05, 0.1) is 25.3 Å². The lowest BCUT2D eigenvalue weighted by molar-refractivity contribution is -0.0104. The quantitative estimate of drug-likeness (QED) is 0.375. The highest BCUT2D eigenvalue weighted by Gasteiger charge is 2.40. The molecule has 1 unspecified atom stereocenters. The number of guanidine groups is 1. The van der Waals surface area contributed by atoms with E-state index >= 15 is 0 Å². The second-order valence-corrected chi connectivity index (χ2v) is 8.91. The fourth-order valence-electron chi connectivity index (χ4n) is 4.31. The van der Waals surface area contributed by atoms with E-state index in [0.29, 0.717) is 0 Å². The highest BCUT2D eigenvalue weighted by molar-refractivity contribution is 14.0. The first kappa shape index (κ1) is 22.2. The summed E-state index contributed by atoms with van der Waals surface area (Å²) in [6, 6.07) is 10.5. The van der Waals surface area contributed by atoms with Gasteiger partial charge in [-0.1, -0.05) is 18.2 Å². The van der Waals surface area contributed by atoms with E-state index in [-0.39, 0.29) is 29.5 Å². The van der Waals surface area contributed by atoms with Crippen LogP contribution in [-0.2, 0) is 4.74 Å². The number of morpholine rings is 1. The normalized spacial score (nSPS) is 26.7. The Balaban J connectivity index is 0.00000225. The zero-order valence-electron chi connectivity index (χ0n) is 16.6. The summed E-state index contributed by atoms with van der Waals surface area (Å²) < 4.78 is 5.60. The van der Waals surface area contributed by atoms with Gasteiger partial charge in [-0.15, -0.1) is 24.0 Å². The van der Waals surface area contributed by atoms with Gasteiger partial charge in [0, 0.05) is 37.6 Å². The third-order valence-corrected chi connectivity index (χ3v) is 7.21. The van der Waals surface area contributed by atoms with Crippen LogP contribution in [0.2, 0.25) is 0 Å². The molecule has 3 saturated heterocycles. The number of thioether (sulfide) groups is 1. The van der Waals surface area contributed by atoms with Crippen molar-refractivity contribution in [2.24, 2.45) is 4.99 Å². The van der Waals surface area contributed by atoms with Crippen LogP contribution >= 0.6 is 35.7 Å². The Hall–Kier alpha value is -0.510. The first-order valence-electron chi connectivity index (χ1n) is 10.4. The first-order chi connectivity index (χ1) is 13.4. The summed E-state index contributed by atoms with van der Waals surface area (Å²) >= 11 is 2.08. The van der Waals surface area contributed by atoms with Crippen molar-refractivity contribution in [1.29, 1.82) is 0 Å². The molecule has 3 fully saturated rings. The van der Waals surface area contributed by atoms with Crippen molar-refractivity contribution in [2.45, 2.75) is 31.2 Å². The van der Waals surface area contributed by atoms with E-state index in [9.17, 15) is 0 Å². The number of benzene rings is 1. The van der Waals surface area contributed by atoms with Gasteiger partial charge in [-0.05, 0) is 43.6 Å². The number of aliphatic imine (C=N–C) groups is 1. The van der Waals surface area contributed by atoms with Gasteiger partial charge < -0.3 is 15.0 Å². The Morgan fingerprint density at radius 3 is 2.50 bits per heavy atom. The van der Waals surface area contributed by atoms with Crippen molar-refractivity contribution in [1.82, 2.24) is 9.80 Å². The number of hydrogen-bond acceptors (Lipinski definition) is 4. The monoisotopic (exact) mass is 516 g/mol. The van der Waals surface area contributed by atoms with E-state index in [1.165, 1.54) is 37.2 Å². The molecule has 0 radical (unpaired) electrons. The second-order valence-electron chi connectivity index (χ2n) is 7.80. The van der Waals surface area contributed by atoms with Crippen LogP contribution in [0, 0.1) is 0 Å². The summed E-state index contributed by atoms with van der Waals surface area (Å²) in [6.07, 6.45) is 5.10. The van der Waals surface area contributed by atoms with Crippen molar-refractivity contribution in [2.75, 3.05) is 62.8 Å². The van der Waals surface area contributed by atoms with Crippen molar-refractivity contribution in [3.63, 3.8) is 0 Å². The highest BCUT2D eigenvalue weighted by Crippen LogP contribution is 2.34. The summed E-state index contributed by atoms with van der Waals surface area (Å²) in [5, 5.41) is 3.62. The van der Waals surface area contributed by atoms with E-state index in [0.717, 1.165) is 57.6 Å². The van der Waals surface area contributed by atoms with Crippen LogP contribution in [0.5, 0.6) is 0 Å². The summed E-state index contributed by atoms with van der Waals surface area (Å²) in [5.41, 5.74) is 1.33. The largest absolute Gasteiger partial charge is 0.379 e. The summed E-state index contributed by atoms with van der Waals surface area (Å²) in [4.78, 5) is 10.3. The molecule has 0 bridgehead atoms. The molecule has 0 aromatic heterocycles. The molecule has 3 aliphatic rings. The van der Waals surface area contributed by atoms with Gasteiger partial charge in [-0.2, -0.15) is 11.8 Å². The third-order valence-electron chi connectivity index (χ3n) is 5.97. The maximum Gasteiger partial charge on any atom is 0.198 e. The van der Waals surface area contributed by atoms with Gasteiger partial charge in [0.15, 0.2) is 5.96 Å². The summed E-state index contributed by atoms with van der Waals surface area (Å²) in [6.45, 7) is 6.90. The highest BCUT2D eigenvalue weighted by atomic mass is 127. The van der Waals surface area contributed by atoms with Crippen molar-refractivity contribution >= 4 is 47.4 Å². The third kappa shape index (κ3) is 5.55. The predicted molar refractivity (Wildman–Crippen MR) is 130 cm³/mol. The minimum absolute atomic E-state index is 0. The molecule has 156 valence electrons. The molecule has 1 aromatic rings. The number of halogens is 1. The number of ether oxygens (including phenoxy) is 1. The molecule has 0 amide bonds. The fourth-order valence-corrected chi connectivity index (χ4v) is 5.77. The lowest BCUT2D eigenvalue weighted by Crippen LogP contribution is -2.56.